The standard InChI is InChI=1S/C24H21N3O3S/c1-3-30-20-11-12-21-22(14-20)31-24(26-21)27(15-19-6-4-5-13-25-19)23(29)18-9-7-17(8-10-18)16(2)28/h4-14H,3,15H2,1-2H3. The number of nitrogens with zero attached hydrogens (tertiary/aromatic N) is 3. The number of carbonyl (C=O) groups is 2. The predicted octanol–water partition coefficient (Wildman–Crippen LogP) is 5.14. The van der Waals surface area contributed by atoms with E-state index in [0.29, 0.717) is 22.9 Å². The molecule has 1 amide bonds. The van der Waals surface area contributed by atoms with E-state index < -0.39 is 0 Å². The van der Waals surface area contributed by atoms with Crippen LogP contribution in [0.25, 0.3) is 10.2 Å². The lowest BCUT2D eigenvalue weighted by atomic mass is 10.1. The van der Waals surface area contributed by atoms with Crippen LogP contribution in [0.4, 0.5) is 5.13 Å². The Kier molecular flexibility index (Phi) is 6.04. The van der Waals surface area contributed by atoms with Crippen LogP contribution >= 0.6 is 11.3 Å². The van der Waals surface area contributed by atoms with E-state index in [1.165, 1.54) is 18.3 Å². The average molecular weight is 432 g/mol. The molecule has 0 atom stereocenters. The molecule has 0 saturated heterocycles. The first-order valence-electron chi connectivity index (χ1n) is 9.91. The number of aromatic nitrogens is 2. The lowest BCUT2D eigenvalue weighted by Crippen LogP contribution is -2.30. The highest BCUT2D eigenvalue weighted by Gasteiger charge is 2.22. The minimum Gasteiger partial charge on any atom is -0.494 e. The van der Waals surface area contributed by atoms with E-state index in [0.717, 1.165) is 21.7 Å². The number of benzene rings is 2. The van der Waals surface area contributed by atoms with E-state index in [-0.39, 0.29) is 18.2 Å². The number of amides is 1. The van der Waals surface area contributed by atoms with Gasteiger partial charge in [0.1, 0.15) is 5.75 Å². The molecular formula is C24H21N3O3S. The molecule has 2 aromatic heterocycles. The molecule has 4 rings (SSSR count). The smallest absolute Gasteiger partial charge is 0.260 e. The summed E-state index contributed by atoms with van der Waals surface area (Å²) in [6, 6.07) is 18.0. The maximum absolute atomic E-state index is 13.4. The SMILES string of the molecule is CCOc1ccc2nc(N(Cc3ccccn3)C(=O)c3ccc(C(C)=O)cc3)sc2c1. The monoisotopic (exact) mass is 431 g/mol. The fraction of sp³-hybridized carbons (Fsp3) is 0.167. The van der Waals surface area contributed by atoms with E-state index >= 15 is 0 Å². The highest BCUT2D eigenvalue weighted by molar-refractivity contribution is 7.22. The first kappa shape index (κ1) is 20.7. The van der Waals surface area contributed by atoms with Crippen molar-refractivity contribution in [3.63, 3.8) is 0 Å². The minimum atomic E-state index is -0.204. The fourth-order valence-corrected chi connectivity index (χ4v) is 4.14. The van der Waals surface area contributed by atoms with E-state index in [1.807, 2.05) is 43.3 Å². The van der Waals surface area contributed by atoms with Gasteiger partial charge in [-0.15, -0.1) is 0 Å². The molecule has 156 valence electrons. The van der Waals surface area contributed by atoms with Gasteiger partial charge in [-0.2, -0.15) is 0 Å². The molecule has 0 spiro atoms. The van der Waals surface area contributed by atoms with Crippen LogP contribution in [0.5, 0.6) is 5.75 Å². The van der Waals surface area contributed by atoms with Gasteiger partial charge in [-0.1, -0.05) is 29.5 Å². The minimum absolute atomic E-state index is 0.0411. The summed E-state index contributed by atoms with van der Waals surface area (Å²) in [6.07, 6.45) is 1.70. The third-order valence-corrected chi connectivity index (χ3v) is 5.76. The van der Waals surface area contributed by atoms with Gasteiger partial charge < -0.3 is 4.74 Å². The molecule has 0 radical (unpaired) electrons. The van der Waals surface area contributed by atoms with Crippen molar-refractivity contribution in [3.05, 3.63) is 83.7 Å². The van der Waals surface area contributed by atoms with E-state index in [9.17, 15) is 9.59 Å². The fourth-order valence-electron chi connectivity index (χ4n) is 3.15. The van der Waals surface area contributed by atoms with Crippen LogP contribution in [-0.4, -0.2) is 28.3 Å². The highest BCUT2D eigenvalue weighted by atomic mass is 32.1. The number of carbonyl (C=O) groups excluding carboxylic acids is 2. The van der Waals surface area contributed by atoms with E-state index in [4.69, 9.17) is 4.74 Å². The van der Waals surface area contributed by atoms with Crippen LogP contribution in [0, 0.1) is 0 Å². The summed E-state index contributed by atoms with van der Waals surface area (Å²) in [4.78, 5) is 35.7. The first-order chi connectivity index (χ1) is 15.0. The topological polar surface area (TPSA) is 72.4 Å². The third-order valence-electron chi connectivity index (χ3n) is 4.72. The summed E-state index contributed by atoms with van der Waals surface area (Å²) in [7, 11) is 0. The largest absolute Gasteiger partial charge is 0.494 e. The molecule has 0 aliphatic heterocycles. The zero-order chi connectivity index (χ0) is 21.8. The summed E-state index contributed by atoms with van der Waals surface area (Å²) in [5.74, 6) is 0.526. The number of thiazole rings is 1. The Hall–Kier alpha value is -3.58. The van der Waals surface area contributed by atoms with E-state index in [2.05, 4.69) is 9.97 Å². The maximum atomic E-state index is 13.4. The second kappa shape index (κ2) is 9.06. The van der Waals surface area contributed by atoms with Gasteiger partial charge in [-0.05, 0) is 56.3 Å². The van der Waals surface area contributed by atoms with Crippen LogP contribution in [0.1, 0.15) is 40.3 Å². The van der Waals surface area contributed by atoms with Crippen molar-refractivity contribution in [1.29, 1.82) is 0 Å². The predicted molar refractivity (Wildman–Crippen MR) is 122 cm³/mol. The van der Waals surface area contributed by atoms with E-state index in [1.54, 1.807) is 35.4 Å². The Bertz CT molecular complexity index is 1220. The molecule has 0 fully saturated rings. The molecule has 0 saturated carbocycles. The van der Waals surface area contributed by atoms with Crippen LogP contribution in [-0.2, 0) is 6.54 Å². The van der Waals surface area contributed by atoms with Gasteiger partial charge in [-0.25, -0.2) is 4.98 Å². The number of hydrogen-bond acceptors (Lipinski definition) is 6. The molecule has 4 aromatic rings. The third kappa shape index (κ3) is 4.62. The summed E-state index contributed by atoms with van der Waals surface area (Å²) < 4.78 is 6.52. The number of rotatable bonds is 7. The van der Waals surface area contributed by atoms with Gasteiger partial charge in [0.05, 0.1) is 29.1 Å². The van der Waals surface area contributed by atoms with Gasteiger partial charge in [0, 0.05) is 17.3 Å². The Labute approximate surface area is 184 Å². The lowest BCUT2D eigenvalue weighted by Gasteiger charge is -2.19. The molecule has 2 heterocycles. The van der Waals surface area contributed by atoms with Crippen molar-refractivity contribution in [3.8, 4) is 5.75 Å². The van der Waals surface area contributed by atoms with Gasteiger partial charge in [0.25, 0.3) is 5.91 Å². The van der Waals surface area contributed by atoms with Crippen LogP contribution in [0.15, 0.2) is 66.9 Å². The van der Waals surface area contributed by atoms with Crippen molar-refractivity contribution in [2.24, 2.45) is 0 Å². The normalized spacial score (nSPS) is 10.8. The van der Waals surface area contributed by atoms with Crippen molar-refractivity contribution in [1.82, 2.24) is 9.97 Å². The zero-order valence-electron chi connectivity index (χ0n) is 17.2. The average Bonchev–Trinajstić information content (AvgIpc) is 3.21. The summed E-state index contributed by atoms with van der Waals surface area (Å²) in [5, 5.41) is 0.579. The summed E-state index contributed by atoms with van der Waals surface area (Å²) >= 11 is 1.43. The first-order valence-corrected chi connectivity index (χ1v) is 10.7. The van der Waals surface area contributed by atoms with Crippen molar-refractivity contribution >= 4 is 38.4 Å². The van der Waals surface area contributed by atoms with Crippen LogP contribution in [0.2, 0.25) is 0 Å². The van der Waals surface area contributed by atoms with Crippen LogP contribution in [0.3, 0.4) is 0 Å². The number of fused-ring (bicyclic) bond motifs is 1. The number of pyridine rings is 1. The Morgan fingerprint density at radius 2 is 1.81 bits per heavy atom. The molecule has 0 bridgehead atoms. The number of ketones is 1. The molecule has 2 aromatic carbocycles. The number of Topliss-reactive ketones (excluding diaryl/α,β-unsaturated/α-hetero) is 1. The number of ether oxygens (including phenoxy) is 1. The Morgan fingerprint density at radius 1 is 1.03 bits per heavy atom. The Balaban J connectivity index is 1.72. The van der Waals surface area contributed by atoms with Gasteiger partial charge in [-0.3, -0.25) is 19.5 Å². The maximum Gasteiger partial charge on any atom is 0.260 e. The molecule has 0 unspecified atom stereocenters. The quantitative estimate of drug-likeness (QED) is 0.379. The van der Waals surface area contributed by atoms with Gasteiger partial charge >= 0.3 is 0 Å². The number of hydrogen-bond donors (Lipinski definition) is 0. The highest BCUT2D eigenvalue weighted by Crippen LogP contribution is 2.33. The molecule has 0 N–H and O–H groups in total. The number of anilines is 1. The Morgan fingerprint density at radius 3 is 2.48 bits per heavy atom. The summed E-state index contributed by atoms with van der Waals surface area (Å²) in [6.45, 7) is 4.30. The molecule has 0 aliphatic rings. The second-order valence-electron chi connectivity index (χ2n) is 6.90. The van der Waals surface area contributed by atoms with Gasteiger partial charge in [0.15, 0.2) is 10.9 Å². The van der Waals surface area contributed by atoms with Gasteiger partial charge in [0.2, 0.25) is 0 Å². The molecular weight excluding hydrogens is 410 g/mol. The zero-order valence-corrected chi connectivity index (χ0v) is 18.1. The molecule has 0 aliphatic carbocycles. The lowest BCUT2D eigenvalue weighted by molar-refractivity contribution is 0.0980. The molecule has 6 nitrogen and oxygen atoms in total. The molecule has 31 heavy (non-hydrogen) atoms. The summed E-state index contributed by atoms with van der Waals surface area (Å²) in [5.41, 5.74) is 2.60. The van der Waals surface area contributed by atoms with Crippen molar-refractivity contribution in [2.45, 2.75) is 20.4 Å². The van der Waals surface area contributed by atoms with Crippen LogP contribution < -0.4 is 9.64 Å². The molecule has 7 heteroatoms. The second-order valence-corrected chi connectivity index (χ2v) is 7.91. The van der Waals surface area contributed by atoms with Crippen molar-refractivity contribution in [2.75, 3.05) is 11.5 Å². The van der Waals surface area contributed by atoms with Crippen molar-refractivity contribution < 1.29 is 14.3 Å².